The van der Waals surface area contributed by atoms with Crippen molar-refractivity contribution in [3.05, 3.63) is 29.8 Å². The molecule has 1 aliphatic heterocycles. The lowest BCUT2D eigenvalue weighted by Gasteiger charge is -2.15. The number of methoxy groups -OCH3 is 2. The van der Waals surface area contributed by atoms with Crippen molar-refractivity contribution in [2.24, 2.45) is 0 Å². The van der Waals surface area contributed by atoms with Crippen molar-refractivity contribution in [1.29, 1.82) is 0 Å². The summed E-state index contributed by atoms with van der Waals surface area (Å²) >= 11 is 4.20. The highest BCUT2D eigenvalue weighted by Gasteiger charge is 2.35. The van der Waals surface area contributed by atoms with E-state index in [0.29, 0.717) is 18.7 Å². The molecule has 0 radical (unpaired) electrons. The van der Waals surface area contributed by atoms with E-state index in [1.807, 2.05) is 12.1 Å². The molecule has 0 aromatic heterocycles. The molecule has 2 rings (SSSR count). The third-order valence-electron chi connectivity index (χ3n) is 3.22. The van der Waals surface area contributed by atoms with Gasteiger partial charge in [0, 0.05) is 37.8 Å². The van der Waals surface area contributed by atoms with Crippen molar-refractivity contribution >= 4 is 18.5 Å². The van der Waals surface area contributed by atoms with E-state index < -0.39 is 0 Å². The average molecular weight is 267 g/mol. The van der Waals surface area contributed by atoms with Crippen molar-refractivity contribution in [2.45, 2.75) is 17.1 Å². The van der Waals surface area contributed by atoms with E-state index >= 15 is 0 Å². The van der Waals surface area contributed by atoms with Gasteiger partial charge in [0.2, 0.25) is 0 Å². The van der Waals surface area contributed by atoms with E-state index in [1.165, 1.54) is 0 Å². The molecule has 0 bridgehead atoms. The first-order valence-corrected chi connectivity index (χ1v) is 6.24. The van der Waals surface area contributed by atoms with Gasteiger partial charge in [-0.3, -0.25) is 4.79 Å². The Kier molecular flexibility index (Phi) is 4.27. The quantitative estimate of drug-likeness (QED) is 0.843. The Labute approximate surface area is 112 Å². The summed E-state index contributed by atoms with van der Waals surface area (Å²) in [6.07, 6.45) is -0.105. The molecule has 18 heavy (non-hydrogen) atoms. The number of benzene rings is 1. The summed E-state index contributed by atoms with van der Waals surface area (Å²) in [7, 11) is 3.28. The molecular formula is C13H17NO3S. The Bertz CT molecular complexity index is 409. The van der Waals surface area contributed by atoms with Gasteiger partial charge in [-0.25, -0.2) is 0 Å². The molecule has 2 atom stereocenters. The van der Waals surface area contributed by atoms with Crippen LogP contribution in [0.2, 0.25) is 0 Å². The molecule has 0 saturated carbocycles. The van der Waals surface area contributed by atoms with Crippen LogP contribution in [0.1, 0.15) is 10.4 Å². The number of carbonyl (C=O) groups excluding carboxylic acids is 1. The minimum absolute atomic E-state index is 0.00457. The Morgan fingerprint density at radius 1 is 1.17 bits per heavy atom. The number of ether oxygens (including phenoxy) is 2. The fourth-order valence-corrected chi connectivity index (χ4v) is 2.30. The molecule has 1 amide bonds. The van der Waals surface area contributed by atoms with Gasteiger partial charge in [-0.15, -0.1) is 12.6 Å². The van der Waals surface area contributed by atoms with Crippen molar-refractivity contribution in [2.75, 3.05) is 27.3 Å². The summed E-state index contributed by atoms with van der Waals surface area (Å²) in [5.41, 5.74) is 0.666. The molecule has 1 fully saturated rings. The van der Waals surface area contributed by atoms with Crippen LogP contribution in [0.15, 0.2) is 29.2 Å². The second-order valence-electron chi connectivity index (χ2n) is 4.31. The third-order valence-corrected chi connectivity index (χ3v) is 3.52. The summed E-state index contributed by atoms with van der Waals surface area (Å²) in [6, 6.07) is 7.20. The first-order chi connectivity index (χ1) is 8.65. The predicted octanol–water partition coefficient (Wildman–Crippen LogP) is 1.46. The van der Waals surface area contributed by atoms with E-state index in [1.54, 1.807) is 31.3 Å². The lowest BCUT2D eigenvalue weighted by Crippen LogP contribution is -2.30. The van der Waals surface area contributed by atoms with Gasteiger partial charge >= 0.3 is 0 Å². The van der Waals surface area contributed by atoms with Gasteiger partial charge in [0.15, 0.2) is 0 Å². The molecule has 2 unspecified atom stereocenters. The van der Waals surface area contributed by atoms with E-state index in [0.717, 1.165) is 4.90 Å². The predicted molar refractivity (Wildman–Crippen MR) is 71.2 cm³/mol. The number of carbonyl (C=O) groups is 1. The van der Waals surface area contributed by atoms with Crippen LogP contribution in [0, 0.1) is 0 Å². The summed E-state index contributed by atoms with van der Waals surface area (Å²) in [4.78, 5) is 14.9. The van der Waals surface area contributed by atoms with Crippen LogP contribution in [0.4, 0.5) is 0 Å². The molecule has 1 aromatic carbocycles. The molecule has 0 N–H and O–H groups in total. The Morgan fingerprint density at radius 2 is 1.67 bits per heavy atom. The molecule has 5 heteroatoms. The summed E-state index contributed by atoms with van der Waals surface area (Å²) < 4.78 is 10.6. The zero-order valence-corrected chi connectivity index (χ0v) is 11.4. The molecule has 1 aliphatic rings. The van der Waals surface area contributed by atoms with Gasteiger partial charge in [-0.1, -0.05) is 0 Å². The highest BCUT2D eigenvalue weighted by Crippen LogP contribution is 2.19. The fourth-order valence-electron chi connectivity index (χ4n) is 2.15. The number of rotatable bonds is 3. The highest BCUT2D eigenvalue weighted by molar-refractivity contribution is 7.80. The molecule has 1 heterocycles. The Balaban J connectivity index is 2.09. The van der Waals surface area contributed by atoms with Crippen LogP contribution in [-0.2, 0) is 9.47 Å². The van der Waals surface area contributed by atoms with Crippen molar-refractivity contribution in [1.82, 2.24) is 4.90 Å². The minimum Gasteiger partial charge on any atom is -0.377 e. The van der Waals surface area contributed by atoms with Crippen molar-refractivity contribution in [3.63, 3.8) is 0 Å². The Morgan fingerprint density at radius 3 is 2.11 bits per heavy atom. The second kappa shape index (κ2) is 5.73. The smallest absolute Gasteiger partial charge is 0.254 e. The number of hydrogen-bond acceptors (Lipinski definition) is 4. The average Bonchev–Trinajstić information content (AvgIpc) is 2.82. The first-order valence-electron chi connectivity index (χ1n) is 5.79. The molecule has 4 nitrogen and oxygen atoms in total. The van der Waals surface area contributed by atoms with Crippen LogP contribution in [0.5, 0.6) is 0 Å². The van der Waals surface area contributed by atoms with E-state index in [-0.39, 0.29) is 18.1 Å². The van der Waals surface area contributed by atoms with Crippen LogP contribution in [-0.4, -0.2) is 50.3 Å². The maximum absolute atomic E-state index is 12.3. The van der Waals surface area contributed by atoms with Crippen LogP contribution in [0.3, 0.4) is 0 Å². The zero-order valence-electron chi connectivity index (χ0n) is 10.5. The first kappa shape index (κ1) is 13.4. The topological polar surface area (TPSA) is 38.8 Å². The van der Waals surface area contributed by atoms with Gasteiger partial charge in [0.25, 0.3) is 5.91 Å². The number of hydrogen-bond donors (Lipinski definition) is 1. The summed E-state index contributed by atoms with van der Waals surface area (Å²) in [5.74, 6) is 0.00457. The van der Waals surface area contributed by atoms with E-state index in [4.69, 9.17) is 9.47 Å². The highest BCUT2D eigenvalue weighted by atomic mass is 32.1. The number of nitrogens with zero attached hydrogens (tertiary/aromatic N) is 1. The summed E-state index contributed by atoms with van der Waals surface area (Å²) in [5, 5.41) is 0. The largest absolute Gasteiger partial charge is 0.377 e. The van der Waals surface area contributed by atoms with Gasteiger partial charge in [-0.05, 0) is 24.3 Å². The van der Waals surface area contributed by atoms with Gasteiger partial charge in [0.05, 0.1) is 0 Å². The zero-order chi connectivity index (χ0) is 13.1. The lowest BCUT2D eigenvalue weighted by atomic mass is 10.2. The fraction of sp³-hybridized carbons (Fsp3) is 0.462. The Hall–Kier alpha value is -1.04. The maximum atomic E-state index is 12.3. The van der Waals surface area contributed by atoms with Gasteiger partial charge in [0.1, 0.15) is 12.2 Å². The van der Waals surface area contributed by atoms with E-state index in [9.17, 15) is 4.79 Å². The molecule has 0 aliphatic carbocycles. The molecular weight excluding hydrogens is 250 g/mol. The number of likely N-dealkylation sites (tertiary alicyclic amines) is 1. The lowest BCUT2D eigenvalue weighted by molar-refractivity contribution is -0.00461. The second-order valence-corrected chi connectivity index (χ2v) is 4.82. The van der Waals surface area contributed by atoms with Crippen molar-refractivity contribution in [3.8, 4) is 0 Å². The third kappa shape index (κ3) is 2.68. The normalized spacial score (nSPS) is 23.4. The molecule has 0 spiro atoms. The van der Waals surface area contributed by atoms with E-state index in [2.05, 4.69) is 12.6 Å². The number of thiol groups is 1. The maximum Gasteiger partial charge on any atom is 0.254 e. The number of amides is 1. The van der Waals surface area contributed by atoms with Crippen molar-refractivity contribution < 1.29 is 14.3 Å². The monoisotopic (exact) mass is 267 g/mol. The molecule has 1 aromatic rings. The van der Waals surface area contributed by atoms with Gasteiger partial charge in [-0.2, -0.15) is 0 Å². The minimum atomic E-state index is -0.0527. The molecule has 1 saturated heterocycles. The van der Waals surface area contributed by atoms with Gasteiger partial charge < -0.3 is 14.4 Å². The summed E-state index contributed by atoms with van der Waals surface area (Å²) in [6.45, 7) is 1.13. The van der Waals surface area contributed by atoms with Crippen LogP contribution < -0.4 is 0 Å². The molecule has 98 valence electrons. The van der Waals surface area contributed by atoms with Crippen LogP contribution >= 0.6 is 12.6 Å². The SMILES string of the molecule is COC1CN(C(=O)c2ccc(S)cc2)CC1OC. The van der Waals surface area contributed by atoms with Crippen LogP contribution in [0.25, 0.3) is 0 Å². The standard InChI is InChI=1S/C13H17NO3S/c1-16-11-7-14(8-12(11)17-2)13(15)9-3-5-10(18)6-4-9/h3-6,11-12,18H,7-8H2,1-2H3.